The van der Waals surface area contributed by atoms with Crippen LogP contribution in [0.25, 0.3) is 0 Å². The molecule has 0 aliphatic heterocycles. The van der Waals surface area contributed by atoms with Gasteiger partial charge in [0.25, 0.3) is 5.91 Å². The summed E-state index contributed by atoms with van der Waals surface area (Å²) in [7, 11) is 1.83. The number of aryl methyl sites for hydroxylation is 1. The van der Waals surface area contributed by atoms with Gasteiger partial charge >= 0.3 is 0 Å². The Morgan fingerprint density at radius 2 is 2.20 bits per heavy atom. The first-order valence-corrected chi connectivity index (χ1v) is 7.54. The zero-order valence-electron chi connectivity index (χ0n) is 12.4. The molecule has 5 heteroatoms. The lowest BCUT2D eigenvalue weighted by Gasteiger charge is -2.19. The van der Waals surface area contributed by atoms with E-state index in [1.54, 1.807) is 22.3 Å². The predicted molar refractivity (Wildman–Crippen MR) is 84.1 cm³/mol. The highest BCUT2D eigenvalue weighted by Crippen LogP contribution is 2.21. The highest BCUT2D eigenvalue weighted by Gasteiger charge is 2.19. The van der Waals surface area contributed by atoms with Crippen molar-refractivity contribution in [2.75, 3.05) is 12.8 Å². The number of carbonyl (C=O) groups is 1. The van der Waals surface area contributed by atoms with Crippen molar-refractivity contribution in [2.45, 2.75) is 33.4 Å². The first-order valence-electron chi connectivity index (χ1n) is 6.66. The second-order valence-corrected chi connectivity index (χ2v) is 6.35. The van der Waals surface area contributed by atoms with Gasteiger partial charge in [-0.25, -0.2) is 0 Å². The number of nitrogens with zero attached hydrogens (tertiary/aromatic N) is 2. The Labute approximate surface area is 123 Å². The molecule has 0 bridgehead atoms. The first kappa shape index (κ1) is 14.7. The Kier molecular flexibility index (Phi) is 4.18. The second kappa shape index (κ2) is 5.71. The van der Waals surface area contributed by atoms with E-state index in [-0.39, 0.29) is 11.9 Å². The Morgan fingerprint density at radius 1 is 1.50 bits per heavy atom. The average Bonchev–Trinajstić information content (AvgIpc) is 2.95. The zero-order valence-corrected chi connectivity index (χ0v) is 13.2. The molecule has 0 aliphatic carbocycles. The van der Waals surface area contributed by atoms with Gasteiger partial charge in [0.1, 0.15) is 5.69 Å². The largest absolute Gasteiger partial charge is 0.397 e. The highest BCUT2D eigenvalue weighted by molar-refractivity contribution is 7.10. The van der Waals surface area contributed by atoms with Crippen molar-refractivity contribution < 1.29 is 4.79 Å². The smallest absolute Gasteiger partial charge is 0.270 e. The van der Waals surface area contributed by atoms with Crippen LogP contribution in [0.3, 0.4) is 0 Å². The molecule has 4 nitrogen and oxygen atoms in total. The minimum atomic E-state index is 0.00296. The Balaban J connectivity index is 2.21. The molecule has 0 atom stereocenters. The topological polar surface area (TPSA) is 51.3 Å². The fourth-order valence-electron chi connectivity index (χ4n) is 2.15. The van der Waals surface area contributed by atoms with Crippen LogP contribution in [0, 0.1) is 6.92 Å². The van der Waals surface area contributed by atoms with Gasteiger partial charge in [-0.3, -0.25) is 4.79 Å². The molecule has 0 saturated carbocycles. The molecular formula is C15H21N3OS. The van der Waals surface area contributed by atoms with Gasteiger partial charge in [0.2, 0.25) is 0 Å². The summed E-state index contributed by atoms with van der Waals surface area (Å²) in [6, 6.07) is 4.04. The van der Waals surface area contributed by atoms with Gasteiger partial charge in [0.15, 0.2) is 0 Å². The number of hydrogen-bond donors (Lipinski definition) is 1. The summed E-state index contributed by atoms with van der Waals surface area (Å²) >= 11 is 1.68. The molecule has 108 valence electrons. The molecule has 0 saturated heterocycles. The lowest BCUT2D eigenvalue weighted by Crippen LogP contribution is -2.28. The summed E-state index contributed by atoms with van der Waals surface area (Å²) in [6.07, 6.45) is 1.82. The quantitative estimate of drug-likeness (QED) is 0.939. The summed E-state index contributed by atoms with van der Waals surface area (Å²) in [5.41, 5.74) is 8.33. The van der Waals surface area contributed by atoms with Gasteiger partial charge in [-0.1, -0.05) is 0 Å². The van der Waals surface area contributed by atoms with Crippen LogP contribution in [0.2, 0.25) is 0 Å². The zero-order chi connectivity index (χ0) is 14.9. The molecule has 20 heavy (non-hydrogen) atoms. The minimum absolute atomic E-state index is 0.00296. The van der Waals surface area contributed by atoms with E-state index in [1.165, 1.54) is 10.4 Å². The number of anilines is 1. The highest BCUT2D eigenvalue weighted by atomic mass is 32.1. The van der Waals surface area contributed by atoms with Crippen molar-refractivity contribution in [3.05, 3.63) is 39.8 Å². The molecule has 0 spiro atoms. The third-order valence-corrected chi connectivity index (χ3v) is 4.35. The normalized spacial score (nSPS) is 11.1. The van der Waals surface area contributed by atoms with Crippen LogP contribution in [0.4, 0.5) is 5.69 Å². The maximum Gasteiger partial charge on any atom is 0.270 e. The summed E-state index contributed by atoms with van der Waals surface area (Å²) in [5, 5.41) is 2.05. The monoisotopic (exact) mass is 291 g/mol. The fraction of sp³-hybridized carbons (Fsp3) is 0.400. The average molecular weight is 291 g/mol. The molecule has 2 rings (SSSR count). The van der Waals surface area contributed by atoms with Gasteiger partial charge in [0.05, 0.1) is 12.2 Å². The van der Waals surface area contributed by atoms with Crippen LogP contribution in [-0.2, 0) is 6.54 Å². The van der Waals surface area contributed by atoms with Crippen LogP contribution in [0.5, 0.6) is 0 Å². The summed E-state index contributed by atoms with van der Waals surface area (Å²) in [4.78, 5) is 15.5. The SMILES string of the molecule is Cc1ccsc1CN(C)C(=O)c1cc(N)cn1C(C)C. The van der Waals surface area contributed by atoms with Gasteiger partial charge < -0.3 is 15.2 Å². The van der Waals surface area contributed by atoms with Gasteiger partial charge in [-0.15, -0.1) is 11.3 Å². The Hall–Kier alpha value is -1.75. The van der Waals surface area contributed by atoms with Gasteiger partial charge in [-0.2, -0.15) is 0 Å². The number of hydrogen-bond acceptors (Lipinski definition) is 3. The summed E-state index contributed by atoms with van der Waals surface area (Å²) in [6.45, 7) is 6.78. The lowest BCUT2D eigenvalue weighted by atomic mass is 10.2. The lowest BCUT2D eigenvalue weighted by molar-refractivity contribution is 0.0774. The van der Waals surface area contributed by atoms with Gasteiger partial charge in [-0.05, 0) is 43.8 Å². The number of amides is 1. The van der Waals surface area contributed by atoms with Crippen LogP contribution in [-0.4, -0.2) is 22.4 Å². The molecule has 2 heterocycles. The summed E-state index contributed by atoms with van der Waals surface area (Å²) in [5.74, 6) is 0.00296. The number of nitrogen functional groups attached to an aromatic ring is 1. The van der Waals surface area contributed by atoms with E-state index in [0.717, 1.165) is 0 Å². The molecule has 2 aromatic heterocycles. The number of nitrogens with two attached hydrogens (primary N) is 1. The fourth-order valence-corrected chi connectivity index (χ4v) is 3.11. The molecule has 2 aromatic rings. The molecule has 0 radical (unpaired) electrons. The number of carbonyl (C=O) groups excluding carboxylic acids is 1. The van der Waals surface area contributed by atoms with E-state index in [9.17, 15) is 4.79 Å². The molecule has 0 fully saturated rings. The van der Waals surface area contributed by atoms with Gasteiger partial charge in [0, 0.05) is 24.2 Å². The number of aromatic nitrogens is 1. The maximum absolute atomic E-state index is 12.6. The Morgan fingerprint density at radius 3 is 2.75 bits per heavy atom. The standard InChI is InChI=1S/C15H21N3OS/c1-10(2)18-8-12(16)7-13(18)15(19)17(4)9-14-11(3)5-6-20-14/h5-8,10H,9,16H2,1-4H3. The molecule has 2 N–H and O–H groups in total. The van der Waals surface area contributed by atoms with E-state index >= 15 is 0 Å². The molecule has 0 unspecified atom stereocenters. The van der Waals surface area contributed by atoms with Crippen LogP contribution >= 0.6 is 11.3 Å². The van der Waals surface area contributed by atoms with Crippen LogP contribution in [0.15, 0.2) is 23.7 Å². The van der Waals surface area contributed by atoms with Crippen molar-refractivity contribution in [1.82, 2.24) is 9.47 Å². The molecular weight excluding hydrogens is 270 g/mol. The number of rotatable bonds is 4. The van der Waals surface area contributed by atoms with Crippen molar-refractivity contribution in [2.24, 2.45) is 0 Å². The maximum atomic E-state index is 12.6. The van der Waals surface area contributed by atoms with Crippen LogP contribution < -0.4 is 5.73 Å². The first-order chi connectivity index (χ1) is 9.40. The van der Waals surface area contributed by atoms with Crippen molar-refractivity contribution >= 4 is 22.9 Å². The van der Waals surface area contributed by atoms with E-state index < -0.39 is 0 Å². The third-order valence-electron chi connectivity index (χ3n) is 3.34. The van der Waals surface area contributed by atoms with Crippen molar-refractivity contribution in [3.8, 4) is 0 Å². The van der Waals surface area contributed by atoms with E-state index in [1.807, 2.05) is 31.7 Å². The van der Waals surface area contributed by atoms with Crippen molar-refractivity contribution in [1.29, 1.82) is 0 Å². The second-order valence-electron chi connectivity index (χ2n) is 5.35. The molecule has 1 amide bonds. The minimum Gasteiger partial charge on any atom is -0.397 e. The van der Waals surface area contributed by atoms with E-state index in [2.05, 4.69) is 18.4 Å². The van der Waals surface area contributed by atoms with E-state index in [0.29, 0.717) is 17.9 Å². The molecule has 0 aromatic carbocycles. The predicted octanol–water partition coefficient (Wildman–Crippen LogP) is 3.29. The number of thiophene rings is 1. The molecule has 0 aliphatic rings. The van der Waals surface area contributed by atoms with E-state index in [4.69, 9.17) is 5.73 Å². The Bertz CT molecular complexity index is 612. The van der Waals surface area contributed by atoms with Crippen molar-refractivity contribution in [3.63, 3.8) is 0 Å². The third kappa shape index (κ3) is 2.88. The summed E-state index contributed by atoms with van der Waals surface area (Å²) < 4.78 is 1.93. The van der Waals surface area contributed by atoms with Crippen LogP contribution in [0.1, 0.15) is 40.8 Å².